The highest BCUT2D eigenvalue weighted by molar-refractivity contribution is 7.14. The fourth-order valence-electron chi connectivity index (χ4n) is 3.37. The van der Waals surface area contributed by atoms with Crippen molar-refractivity contribution in [2.45, 2.75) is 33.7 Å². The van der Waals surface area contributed by atoms with E-state index in [0.29, 0.717) is 28.5 Å². The first-order valence-corrected chi connectivity index (χ1v) is 10.8. The third-order valence-corrected chi connectivity index (χ3v) is 5.83. The first-order chi connectivity index (χ1) is 14.5. The maximum atomic E-state index is 12.8. The van der Waals surface area contributed by atoms with Crippen LogP contribution in [0, 0.1) is 6.92 Å². The molecule has 0 saturated carbocycles. The molecular weight excluding hydrogens is 396 g/mol. The molecule has 0 aliphatic carbocycles. The highest BCUT2D eigenvalue weighted by atomic mass is 32.1. The molecule has 2 aromatic heterocycles. The Morgan fingerprint density at radius 3 is 2.57 bits per heavy atom. The molecule has 0 unspecified atom stereocenters. The van der Waals surface area contributed by atoms with Crippen LogP contribution in [0.25, 0.3) is 22.3 Å². The van der Waals surface area contributed by atoms with Crippen LogP contribution in [0.1, 0.15) is 35.5 Å². The monoisotopic (exact) mass is 418 g/mol. The van der Waals surface area contributed by atoms with Gasteiger partial charge >= 0.3 is 0 Å². The van der Waals surface area contributed by atoms with Crippen LogP contribution in [-0.2, 0) is 13.0 Å². The maximum Gasteiger partial charge on any atom is 0.272 e. The number of aryl methyl sites for hydroxylation is 3. The molecule has 6 nitrogen and oxygen atoms in total. The molecule has 0 spiro atoms. The summed E-state index contributed by atoms with van der Waals surface area (Å²) in [4.78, 5) is 33.9. The number of aromatic nitrogens is 3. The van der Waals surface area contributed by atoms with Crippen molar-refractivity contribution in [1.29, 1.82) is 0 Å². The van der Waals surface area contributed by atoms with Crippen molar-refractivity contribution in [2.75, 3.05) is 5.32 Å². The molecule has 7 heteroatoms. The number of anilines is 1. The van der Waals surface area contributed by atoms with Gasteiger partial charge < -0.3 is 4.57 Å². The summed E-state index contributed by atoms with van der Waals surface area (Å²) in [7, 11) is 0. The highest BCUT2D eigenvalue weighted by Gasteiger charge is 2.13. The SMILES string of the molecule is CCc1ccc(-c2csc(NC(=O)c3ccc4c(c3)nc(C)c(=O)n4CC)n2)cc1. The third-order valence-electron chi connectivity index (χ3n) is 5.07. The van der Waals surface area contributed by atoms with Crippen LogP contribution >= 0.6 is 11.3 Å². The van der Waals surface area contributed by atoms with E-state index in [1.165, 1.54) is 16.9 Å². The van der Waals surface area contributed by atoms with Crippen molar-refractivity contribution in [2.24, 2.45) is 0 Å². The molecule has 4 aromatic rings. The summed E-state index contributed by atoms with van der Waals surface area (Å²) in [6.07, 6.45) is 0.993. The molecule has 0 bridgehead atoms. The summed E-state index contributed by atoms with van der Waals surface area (Å²) in [6, 6.07) is 13.5. The van der Waals surface area contributed by atoms with Crippen LogP contribution in [0.2, 0.25) is 0 Å². The summed E-state index contributed by atoms with van der Waals surface area (Å²) in [6.45, 7) is 6.27. The van der Waals surface area contributed by atoms with Gasteiger partial charge in [-0.25, -0.2) is 9.97 Å². The number of rotatable bonds is 5. The number of hydrogen-bond acceptors (Lipinski definition) is 5. The van der Waals surface area contributed by atoms with E-state index in [1.807, 2.05) is 24.4 Å². The van der Waals surface area contributed by atoms with Crippen LogP contribution in [0.4, 0.5) is 5.13 Å². The van der Waals surface area contributed by atoms with Gasteiger partial charge in [0.15, 0.2) is 5.13 Å². The Hall–Kier alpha value is -3.32. The molecule has 1 amide bonds. The molecular formula is C23H22N4O2S. The molecule has 0 atom stereocenters. The van der Waals surface area contributed by atoms with E-state index in [4.69, 9.17) is 0 Å². The van der Waals surface area contributed by atoms with Crippen LogP contribution in [0.15, 0.2) is 52.6 Å². The lowest BCUT2D eigenvalue weighted by Gasteiger charge is -2.10. The fourth-order valence-corrected chi connectivity index (χ4v) is 4.09. The maximum absolute atomic E-state index is 12.8. The van der Waals surface area contributed by atoms with E-state index in [0.717, 1.165) is 23.2 Å². The Bertz CT molecular complexity index is 1290. The predicted molar refractivity (Wildman–Crippen MR) is 121 cm³/mol. The first-order valence-electron chi connectivity index (χ1n) is 9.87. The van der Waals surface area contributed by atoms with E-state index in [9.17, 15) is 9.59 Å². The Labute approximate surface area is 178 Å². The quantitative estimate of drug-likeness (QED) is 0.511. The lowest BCUT2D eigenvalue weighted by molar-refractivity contribution is 0.102. The van der Waals surface area contributed by atoms with E-state index >= 15 is 0 Å². The van der Waals surface area contributed by atoms with E-state index in [-0.39, 0.29) is 11.5 Å². The van der Waals surface area contributed by atoms with E-state index < -0.39 is 0 Å². The summed E-state index contributed by atoms with van der Waals surface area (Å²) >= 11 is 1.39. The van der Waals surface area contributed by atoms with Crippen molar-refractivity contribution >= 4 is 33.4 Å². The Balaban J connectivity index is 1.58. The third kappa shape index (κ3) is 3.76. The van der Waals surface area contributed by atoms with Crippen molar-refractivity contribution < 1.29 is 4.79 Å². The summed E-state index contributed by atoms with van der Waals surface area (Å²) in [5.74, 6) is -0.257. The van der Waals surface area contributed by atoms with Gasteiger partial charge in [-0.1, -0.05) is 31.2 Å². The Morgan fingerprint density at radius 2 is 1.87 bits per heavy atom. The lowest BCUT2D eigenvalue weighted by Crippen LogP contribution is -2.23. The second-order valence-corrected chi connectivity index (χ2v) is 7.85. The smallest absolute Gasteiger partial charge is 0.272 e. The van der Waals surface area contributed by atoms with Crippen molar-refractivity contribution in [3.05, 3.63) is 75.0 Å². The summed E-state index contributed by atoms with van der Waals surface area (Å²) in [5, 5.41) is 5.33. The molecule has 2 heterocycles. The van der Waals surface area contributed by atoms with Gasteiger partial charge in [-0.3, -0.25) is 14.9 Å². The van der Waals surface area contributed by atoms with Gasteiger partial charge in [0, 0.05) is 23.1 Å². The number of benzene rings is 2. The molecule has 0 aliphatic rings. The molecule has 0 radical (unpaired) electrons. The van der Waals surface area contributed by atoms with Gasteiger partial charge in [0.1, 0.15) is 5.69 Å². The number of carbonyl (C=O) groups is 1. The lowest BCUT2D eigenvalue weighted by atomic mass is 10.1. The van der Waals surface area contributed by atoms with Crippen molar-refractivity contribution in [1.82, 2.24) is 14.5 Å². The molecule has 0 saturated heterocycles. The fraction of sp³-hybridized carbons (Fsp3) is 0.217. The number of nitrogens with zero attached hydrogens (tertiary/aromatic N) is 3. The van der Waals surface area contributed by atoms with Crippen molar-refractivity contribution in [3.63, 3.8) is 0 Å². The van der Waals surface area contributed by atoms with Crippen LogP contribution in [0.5, 0.6) is 0 Å². The predicted octanol–water partition coefficient (Wildman–Crippen LogP) is 4.66. The molecule has 0 fully saturated rings. The Morgan fingerprint density at radius 1 is 1.10 bits per heavy atom. The van der Waals surface area contributed by atoms with E-state index in [1.54, 1.807) is 29.7 Å². The average molecular weight is 419 g/mol. The molecule has 2 aromatic carbocycles. The van der Waals surface area contributed by atoms with Crippen LogP contribution in [0.3, 0.4) is 0 Å². The molecule has 1 N–H and O–H groups in total. The minimum atomic E-state index is -0.257. The zero-order valence-electron chi connectivity index (χ0n) is 17.1. The number of thiazole rings is 1. The highest BCUT2D eigenvalue weighted by Crippen LogP contribution is 2.26. The topological polar surface area (TPSA) is 76.9 Å². The molecule has 30 heavy (non-hydrogen) atoms. The van der Waals surface area contributed by atoms with Gasteiger partial charge in [-0.15, -0.1) is 11.3 Å². The number of hydrogen-bond donors (Lipinski definition) is 1. The number of carbonyl (C=O) groups excluding carboxylic acids is 1. The van der Waals surface area contributed by atoms with Gasteiger partial charge in [0.2, 0.25) is 0 Å². The standard InChI is InChI=1S/C23H22N4O2S/c1-4-15-6-8-16(9-7-15)19-13-30-23(25-19)26-21(28)17-10-11-20-18(12-17)24-14(3)22(29)27(20)5-2/h6-13H,4-5H2,1-3H3,(H,25,26,28). The number of nitrogens with one attached hydrogen (secondary N) is 1. The van der Waals surface area contributed by atoms with E-state index in [2.05, 4.69) is 34.3 Å². The zero-order chi connectivity index (χ0) is 21.3. The second-order valence-electron chi connectivity index (χ2n) is 6.99. The summed E-state index contributed by atoms with van der Waals surface area (Å²) < 4.78 is 1.66. The molecule has 152 valence electrons. The zero-order valence-corrected chi connectivity index (χ0v) is 17.9. The number of fused-ring (bicyclic) bond motifs is 1. The van der Waals surface area contributed by atoms with Gasteiger partial charge in [0.05, 0.1) is 16.7 Å². The average Bonchev–Trinajstić information content (AvgIpc) is 3.23. The molecule has 4 rings (SSSR count). The van der Waals surface area contributed by atoms with Crippen molar-refractivity contribution in [3.8, 4) is 11.3 Å². The molecule has 0 aliphatic heterocycles. The van der Waals surface area contributed by atoms with Gasteiger partial charge in [0.25, 0.3) is 11.5 Å². The van der Waals surface area contributed by atoms with Crippen LogP contribution in [-0.4, -0.2) is 20.4 Å². The number of amides is 1. The minimum Gasteiger partial charge on any atom is -0.305 e. The normalized spacial score (nSPS) is 11.0. The second kappa shape index (κ2) is 8.20. The van der Waals surface area contributed by atoms with Gasteiger partial charge in [-0.2, -0.15) is 0 Å². The van der Waals surface area contributed by atoms with Gasteiger partial charge in [-0.05, 0) is 44.0 Å². The van der Waals surface area contributed by atoms with Crippen LogP contribution < -0.4 is 10.9 Å². The Kier molecular flexibility index (Phi) is 5.46. The minimum absolute atomic E-state index is 0.107. The largest absolute Gasteiger partial charge is 0.305 e. The summed E-state index contributed by atoms with van der Waals surface area (Å²) in [5.41, 5.74) is 5.25. The first kappa shape index (κ1) is 20.0.